The van der Waals surface area contributed by atoms with Gasteiger partial charge in [0.25, 0.3) is 0 Å². The Morgan fingerprint density at radius 3 is 2.67 bits per heavy atom. The average molecular weight is 378 g/mol. The molecule has 0 aromatic heterocycles. The van der Waals surface area contributed by atoms with E-state index in [0.29, 0.717) is 12.3 Å². The van der Waals surface area contributed by atoms with E-state index in [1.807, 2.05) is 24.3 Å². The number of carbonyl (C=O) groups excluding carboxylic acids is 2. The fourth-order valence-corrected chi connectivity index (χ4v) is 2.79. The number of amides is 2. The second-order valence-electron chi connectivity index (χ2n) is 6.10. The third kappa shape index (κ3) is 6.35. The van der Waals surface area contributed by atoms with Crippen molar-refractivity contribution in [3.63, 3.8) is 0 Å². The van der Waals surface area contributed by atoms with Crippen LogP contribution in [0, 0.1) is 0 Å². The van der Waals surface area contributed by atoms with Crippen molar-refractivity contribution in [2.75, 3.05) is 27.4 Å². The molecular weight excluding hydrogens is 352 g/mol. The van der Waals surface area contributed by atoms with Crippen molar-refractivity contribution in [1.82, 2.24) is 10.6 Å². The summed E-state index contributed by atoms with van der Waals surface area (Å²) >= 11 is 0. The molecule has 0 unspecified atom stereocenters. The zero-order chi connectivity index (χ0) is 19.6. The summed E-state index contributed by atoms with van der Waals surface area (Å²) in [6.07, 6.45) is 2.46. The second kappa shape index (κ2) is 10.7. The van der Waals surface area contributed by atoms with Crippen molar-refractivity contribution in [1.29, 1.82) is 0 Å². The van der Waals surface area contributed by atoms with Crippen LogP contribution in [0.15, 0.2) is 36.4 Å². The lowest BCUT2D eigenvalue weighted by molar-refractivity contribution is -0.130. The fourth-order valence-electron chi connectivity index (χ4n) is 2.79. The molecule has 0 spiro atoms. The molecule has 0 saturated heterocycles. The van der Waals surface area contributed by atoms with Crippen LogP contribution in [-0.4, -0.2) is 62.6 Å². The molecule has 0 fully saturated rings. The predicted octanol–water partition coefficient (Wildman–Crippen LogP) is 0.149. The van der Waals surface area contributed by atoms with Gasteiger partial charge >= 0.3 is 0 Å². The molecule has 0 aliphatic carbocycles. The lowest BCUT2D eigenvalue weighted by Gasteiger charge is -2.31. The van der Waals surface area contributed by atoms with Crippen LogP contribution >= 0.6 is 0 Å². The highest BCUT2D eigenvalue weighted by Crippen LogP contribution is 2.18. The number of rotatable bonds is 9. The molecule has 2 amide bonds. The van der Waals surface area contributed by atoms with Crippen molar-refractivity contribution in [2.45, 2.75) is 31.2 Å². The highest BCUT2D eigenvalue weighted by Gasteiger charge is 2.28. The van der Waals surface area contributed by atoms with Gasteiger partial charge in [0.15, 0.2) is 0 Å². The quantitative estimate of drug-likeness (QED) is 0.528. The first-order chi connectivity index (χ1) is 13.1. The standard InChI is InChI=1S/C19H26N2O6/c1-25-12-19(24)21-15-8-7-14(27-17(15)11-22)9-18(23)20-10-13-5-3-4-6-16(13)26-2/h3-8,14-15,17,22H,9-12H2,1-2H3,(H,20,23)(H,21,24)/t14-,15+,17-/m1/s1. The molecule has 0 radical (unpaired) electrons. The first-order valence-electron chi connectivity index (χ1n) is 8.69. The summed E-state index contributed by atoms with van der Waals surface area (Å²) in [7, 11) is 3.01. The van der Waals surface area contributed by atoms with E-state index in [9.17, 15) is 14.7 Å². The van der Waals surface area contributed by atoms with Crippen LogP contribution in [-0.2, 0) is 25.6 Å². The molecule has 1 aliphatic heterocycles. The number of ether oxygens (including phenoxy) is 3. The monoisotopic (exact) mass is 378 g/mol. The number of methoxy groups -OCH3 is 2. The van der Waals surface area contributed by atoms with Crippen molar-refractivity contribution in [3.05, 3.63) is 42.0 Å². The number of para-hydroxylation sites is 1. The van der Waals surface area contributed by atoms with Crippen LogP contribution in [0.1, 0.15) is 12.0 Å². The lowest BCUT2D eigenvalue weighted by atomic mass is 10.0. The maximum absolute atomic E-state index is 12.2. The maximum Gasteiger partial charge on any atom is 0.246 e. The summed E-state index contributed by atoms with van der Waals surface area (Å²) in [5, 5.41) is 15.0. The minimum Gasteiger partial charge on any atom is -0.496 e. The van der Waals surface area contributed by atoms with Gasteiger partial charge in [0.2, 0.25) is 11.8 Å². The van der Waals surface area contributed by atoms with E-state index >= 15 is 0 Å². The third-order valence-electron chi connectivity index (χ3n) is 4.12. The normalized spacial score (nSPS) is 21.5. The average Bonchev–Trinajstić information content (AvgIpc) is 2.68. The third-order valence-corrected chi connectivity index (χ3v) is 4.12. The number of hydrogen-bond donors (Lipinski definition) is 3. The first-order valence-corrected chi connectivity index (χ1v) is 8.69. The predicted molar refractivity (Wildman–Crippen MR) is 98.2 cm³/mol. The SMILES string of the molecule is COCC(=O)N[C@H]1C=C[C@H](CC(=O)NCc2ccccc2OC)O[C@@H]1CO. The van der Waals surface area contributed by atoms with Gasteiger partial charge in [-0.2, -0.15) is 0 Å². The number of carbonyl (C=O) groups is 2. The molecule has 148 valence electrons. The Labute approximate surface area is 158 Å². The van der Waals surface area contributed by atoms with E-state index in [2.05, 4.69) is 10.6 Å². The Morgan fingerprint density at radius 2 is 1.96 bits per heavy atom. The molecule has 1 aromatic rings. The van der Waals surface area contributed by atoms with Crippen molar-refractivity contribution in [2.24, 2.45) is 0 Å². The fraction of sp³-hybridized carbons (Fsp3) is 0.474. The minimum absolute atomic E-state index is 0.0722. The molecular formula is C19H26N2O6. The maximum atomic E-state index is 12.2. The molecule has 1 aromatic carbocycles. The van der Waals surface area contributed by atoms with E-state index < -0.39 is 18.2 Å². The van der Waals surface area contributed by atoms with Crippen molar-refractivity contribution >= 4 is 11.8 Å². The highest BCUT2D eigenvalue weighted by atomic mass is 16.5. The van der Waals surface area contributed by atoms with Gasteiger partial charge in [0, 0.05) is 19.2 Å². The van der Waals surface area contributed by atoms with Gasteiger partial charge in [0.1, 0.15) is 18.5 Å². The molecule has 3 atom stereocenters. The summed E-state index contributed by atoms with van der Waals surface area (Å²) in [5.41, 5.74) is 0.877. The van der Waals surface area contributed by atoms with Gasteiger partial charge in [0.05, 0.1) is 32.3 Å². The Kier molecular flexibility index (Phi) is 8.25. The van der Waals surface area contributed by atoms with Gasteiger partial charge in [-0.3, -0.25) is 9.59 Å². The summed E-state index contributed by atoms with van der Waals surface area (Å²) in [6.45, 7) is -0.00270. The van der Waals surface area contributed by atoms with Crippen molar-refractivity contribution in [3.8, 4) is 5.75 Å². The van der Waals surface area contributed by atoms with Crippen LogP contribution < -0.4 is 15.4 Å². The Bertz CT molecular complexity index is 663. The molecule has 27 heavy (non-hydrogen) atoms. The van der Waals surface area contributed by atoms with Gasteiger partial charge in [-0.15, -0.1) is 0 Å². The number of nitrogens with one attached hydrogen (secondary N) is 2. The van der Waals surface area contributed by atoms with E-state index in [0.717, 1.165) is 5.56 Å². The van der Waals surface area contributed by atoms with E-state index in [4.69, 9.17) is 14.2 Å². The number of benzene rings is 1. The zero-order valence-corrected chi connectivity index (χ0v) is 15.5. The summed E-state index contributed by atoms with van der Waals surface area (Å²) in [5.74, 6) is 0.220. The second-order valence-corrected chi connectivity index (χ2v) is 6.10. The molecule has 1 aliphatic rings. The van der Waals surface area contributed by atoms with Gasteiger partial charge in [-0.05, 0) is 6.07 Å². The zero-order valence-electron chi connectivity index (χ0n) is 15.5. The van der Waals surface area contributed by atoms with Crippen molar-refractivity contribution < 1.29 is 28.9 Å². The van der Waals surface area contributed by atoms with Gasteiger partial charge in [-0.25, -0.2) is 0 Å². The van der Waals surface area contributed by atoms with Crippen LogP contribution in [0.2, 0.25) is 0 Å². The van der Waals surface area contributed by atoms with E-state index in [1.54, 1.807) is 19.3 Å². The number of hydrogen-bond acceptors (Lipinski definition) is 6. The number of aliphatic hydroxyl groups excluding tert-OH is 1. The molecule has 3 N–H and O–H groups in total. The Hall–Kier alpha value is -2.42. The minimum atomic E-state index is -0.622. The van der Waals surface area contributed by atoms with Crippen LogP contribution in [0.25, 0.3) is 0 Å². The lowest BCUT2D eigenvalue weighted by Crippen LogP contribution is -2.49. The topological polar surface area (TPSA) is 106 Å². The summed E-state index contributed by atoms with van der Waals surface area (Å²) < 4.78 is 15.7. The molecule has 0 saturated carbocycles. The molecule has 8 nitrogen and oxygen atoms in total. The van der Waals surface area contributed by atoms with E-state index in [1.165, 1.54) is 7.11 Å². The van der Waals surface area contributed by atoms with Crippen LogP contribution in [0.4, 0.5) is 0 Å². The van der Waals surface area contributed by atoms with Gasteiger partial charge < -0.3 is 30.0 Å². The van der Waals surface area contributed by atoms with Gasteiger partial charge in [-0.1, -0.05) is 30.4 Å². The molecule has 0 bridgehead atoms. The largest absolute Gasteiger partial charge is 0.496 e. The Balaban J connectivity index is 1.86. The van der Waals surface area contributed by atoms with E-state index in [-0.39, 0.29) is 31.4 Å². The Morgan fingerprint density at radius 1 is 1.19 bits per heavy atom. The number of aliphatic hydroxyl groups is 1. The molecule has 2 rings (SSSR count). The molecule has 1 heterocycles. The molecule has 8 heteroatoms. The first kappa shape index (κ1) is 20.9. The highest BCUT2D eigenvalue weighted by molar-refractivity contribution is 5.78. The smallest absolute Gasteiger partial charge is 0.246 e. The summed E-state index contributed by atoms with van der Waals surface area (Å²) in [6, 6.07) is 6.98. The summed E-state index contributed by atoms with van der Waals surface area (Å²) in [4.78, 5) is 23.8. The van der Waals surface area contributed by atoms with Crippen LogP contribution in [0.5, 0.6) is 5.75 Å². The van der Waals surface area contributed by atoms with Crippen LogP contribution in [0.3, 0.4) is 0 Å².